The predicted molar refractivity (Wildman–Crippen MR) is 71.9 cm³/mol. The number of hydrogen-bond donors (Lipinski definition) is 1. The van der Waals surface area contributed by atoms with Crippen molar-refractivity contribution in [2.75, 3.05) is 0 Å². The molecule has 0 fully saturated rings. The number of hydrogen-bond acceptors (Lipinski definition) is 5. The standard InChI is InChI=1S/C11H12N6OS/c1-16-4-3-12-11(16)19-6-8-14-9-7(10(18)15-8)5-13-17(9)2/h3-5H,6H2,1-2H3,(H,14,15,18). The number of nitrogens with zero attached hydrogens (tertiary/aromatic N) is 5. The van der Waals surface area contributed by atoms with Crippen LogP contribution in [0.2, 0.25) is 0 Å². The van der Waals surface area contributed by atoms with E-state index in [1.807, 2.05) is 17.8 Å². The minimum absolute atomic E-state index is 0.159. The summed E-state index contributed by atoms with van der Waals surface area (Å²) in [6.07, 6.45) is 5.14. The fourth-order valence-electron chi connectivity index (χ4n) is 1.77. The molecule has 0 unspecified atom stereocenters. The second-order valence-corrected chi connectivity index (χ2v) is 5.07. The number of nitrogens with one attached hydrogen (secondary N) is 1. The lowest BCUT2D eigenvalue weighted by Crippen LogP contribution is -2.11. The lowest BCUT2D eigenvalue weighted by Gasteiger charge is -2.02. The molecule has 0 bridgehead atoms. The van der Waals surface area contributed by atoms with E-state index in [9.17, 15) is 4.79 Å². The first-order valence-corrected chi connectivity index (χ1v) is 6.65. The molecule has 0 saturated heterocycles. The third-order valence-corrected chi connectivity index (χ3v) is 3.84. The second-order valence-electron chi connectivity index (χ2n) is 4.13. The van der Waals surface area contributed by atoms with Gasteiger partial charge in [0.2, 0.25) is 0 Å². The molecule has 0 amide bonds. The van der Waals surface area contributed by atoms with Gasteiger partial charge in [0.15, 0.2) is 10.8 Å². The van der Waals surface area contributed by atoms with Gasteiger partial charge >= 0.3 is 0 Å². The third kappa shape index (κ3) is 2.14. The highest BCUT2D eigenvalue weighted by Crippen LogP contribution is 2.18. The van der Waals surface area contributed by atoms with Crippen LogP contribution in [-0.2, 0) is 19.8 Å². The van der Waals surface area contributed by atoms with Crippen molar-refractivity contribution in [1.29, 1.82) is 0 Å². The first-order valence-electron chi connectivity index (χ1n) is 5.66. The predicted octanol–water partition coefficient (Wildman–Crippen LogP) is 0.682. The molecule has 0 aliphatic heterocycles. The van der Waals surface area contributed by atoms with E-state index in [1.165, 1.54) is 18.0 Å². The van der Waals surface area contributed by atoms with Gasteiger partial charge in [0.1, 0.15) is 11.2 Å². The Kier molecular flexibility index (Phi) is 2.86. The summed E-state index contributed by atoms with van der Waals surface area (Å²) < 4.78 is 3.52. The number of aromatic nitrogens is 6. The van der Waals surface area contributed by atoms with Gasteiger partial charge in [-0.3, -0.25) is 9.48 Å². The average molecular weight is 276 g/mol. The molecule has 8 heteroatoms. The number of H-pyrrole nitrogens is 1. The van der Waals surface area contributed by atoms with Crippen LogP contribution in [-0.4, -0.2) is 29.3 Å². The van der Waals surface area contributed by atoms with Crippen LogP contribution in [0.15, 0.2) is 28.5 Å². The Bertz CT molecular complexity index is 786. The molecular weight excluding hydrogens is 264 g/mol. The Labute approximate surface area is 112 Å². The zero-order chi connectivity index (χ0) is 13.4. The van der Waals surface area contributed by atoms with Gasteiger partial charge in [-0.2, -0.15) is 5.10 Å². The fourth-order valence-corrected chi connectivity index (χ4v) is 2.57. The zero-order valence-electron chi connectivity index (χ0n) is 10.5. The SMILES string of the molecule is Cn1ccnc1SCc1nc2c(cnn2C)c(=O)[nH]1. The normalized spacial score (nSPS) is 11.3. The molecule has 3 heterocycles. The van der Waals surface area contributed by atoms with E-state index in [4.69, 9.17) is 0 Å². The van der Waals surface area contributed by atoms with Crippen LogP contribution in [0.25, 0.3) is 11.0 Å². The number of aryl methyl sites for hydroxylation is 2. The van der Waals surface area contributed by atoms with Crippen LogP contribution in [0.3, 0.4) is 0 Å². The zero-order valence-corrected chi connectivity index (χ0v) is 11.3. The number of fused-ring (bicyclic) bond motifs is 1. The molecule has 0 aromatic carbocycles. The maximum absolute atomic E-state index is 11.9. The van der Waals surface area contributed by atoms with Crippen molar-refractivity contribution in [1.82, 2.24) is 29.3 Å². The summed E-state index contributed by atoms with van der Waals surface area (Å²) in [7, 11) is 3.69. The van der Waals surface area contributed by atoms with Crippen LogP contribution < -0.4 is 5.56 Å². The van der Waals surface area contributed by atoms with Crippen molar-refractivity contribution < 1.29 is 0 Å². The van der Waals surface area contributed by atoms with Gasteiger partial charge in [0, 0.05) is 26.5 Å². The molecule has 0 radical (unpaired) electrons. The van der Waals surface area contributed by atoms with Crippen molar-refractivity contribution in [3.05, 3.63) is 34.8 Å². The summed E-state index contributed by atoms with van der Waals surface area (Å²) >= 11 is 1.52. The molecule has 0 atom stereocenters. The molecule has 98 valence electrons. The van der Waals surface area contributed by atoms with E-state index in [0.29, 0.717) is 22.6 Å². The van der Waals surface area contributed by atoms with Crippen LogP contribution in [0.4, 0.5) is 0 Å². The summed E-state index contributed by atoms with van der Waals surface area (Å²) in [6.45, 7) is 0. The fraction of sp³-hybridized carbons (Fsp3) is 0.273. The van der Waals surface area contributed by atoms with Crippen molar-refractivity contribution in [3.63, 3.8) is 0 Å². The Morgan fingerprint density at radius 1 is 1.42 bits per heavy atom. The summed E-state index contributed by atoms with van der Waals surface area (Å²) in [6, 6.07) is 0. The quantitative estimate of drug-likeness (QED) is 0.711. The number of aromatic amines is 1. The highest BCUT2D eigenvalue weighted by Gasteiger charge is 2.09. The topological polar surface area (TPSA) is 81.4 Å². The van der Waals surface area contributed by atoms with E-state index in [2.05, 4.69) is 20.1 Å². The lowest BCUT2D eigenvalue weighted by atomic mass is 10.4. The van der Waals surface area contributed by atoms with Gasteiger partial charge in [0.05, 0.1) is 11.9 Å². The largest absolute Gasteiger partial charge is 0.329 e. The minimum Gasteiger partial charge on any atom is -0.329 e. The molecule has 3 aromatic heterocycles. The number of thioether (sulfide) groups is 1. The molecule has 3 rings (SSSR count). The summed E-state index contributed by atoms with van der Waals surface area (Å²) in [5.74, 6) is 1.18. The maximum Gasteiger partial charge on any atom is 0.262 e. The Hall–Kier alpha value is -2.09. The summed E-state index contributed by atoms with van der Waals surface area (Å²) in [5.41, 5.74) is 0.438. The Morgan fingerprint density at radius 2 is 2.26 bits per heavy atom. The van der Waals surface area contributed by atoms with Crippen LogP contribution in [0, 0.1) is 0 Å². The van der Waals surface area contributed by atoms with Gasteiger partial charge < -0.3 is 9.55 Å². The molecule has 3 aromatic rings. The average Bonchev–Trinajstić information content (AvgIpc) is 2.95. The maximum atomic E-state index is 11.9. The molecular formula is C11H12N6OS. The van der Waals surface area contributed by atoms with Gasteiger partial charge in [-0.05, 0) is 0 Å². The van der Waals surface area contributed by atoms with Crippen LogP contribution >= 0.6 is 11.8 Å². The van der Waals surface area contributed by atoms with Gasteiger partial charge in [-0.25, -0.2) is 9.97 Å². The van der Waals surface area contributed by atoms with E-state index in [1.54, 1.807) is 17.9 Å². The summed E-state index contributed by atoms with van der Waals surface area (Å²) in [5, 5.41) is 5.42. The van der Waals surface area contributed by atoms with E-state index in [0.717, 1.165) is 5.16 Å². The highest BCUT2D eigenvalue weighted by molar-refractivity contribution is 7.98. The number of rotatable bonds is 3. The first-order chi connectivity index (χ1) is 9.15. The van der Waals surface area contributed by atoms with Crippen molar-refractivity contribution in [2.45, 2.75) is 10.9 Å². The van der Waals surface area contributed by atoms with Crippen LogP contribution in [0.1, 0.15) is 5.82 Å². The number of imidazole rings is 1. The Morgan fingerprint density at radius 3 is 3.00 bits per heavy atom. The molecule has 0 aliphatic rings. The molecule has 7 nitrogen and oxygen atoms in total. The van der Waals surface area contributed by atoms with E-state index >= 15 is 0 Å². The van der Waals surface area contributed by atoms with Gasteiger partial charge in [-0.1, -0.05) is 11.8 Å². The van der Waals surface area contributed by atoms with Crippen molar-refractivity contribution >= 4 is 22.8 Å². The minimum atomic E-state index is -0.159. The van der Waals surface area contributed by atoms with Crippen molar-refractivity contribution in [2.24, 2.45) is 14.1 Å². The van der Waals surface area contributed by atoms with E-state index < -0.39 is 0 Å². The molecule has 1 N–H and O–H groups in total. The second kappa shape index (κ2) is 4.54. The molecule has 19 heavy (non-hydrogen) atoms. The lowest BCUT2D eigenvalue weighted by molar-refractivity contribution is 0.780. The van der Waals surface area contributed by atoms with Crippen LogP contribution in [0.5, 0.6) is 0 Å². The molecule has 0 spiro atoms. The third-order valence-electron chi connectivity index (χ3n) is 2.77. The smallest absolute Gasteiger partial charge is 0.262 e. The first kappa shape index (κ1) is 12.0. The highest BCUT2D eigenvalue weighted by atomic mass is 32.2. The van der Waals surface area contributed by atoms with E-state index in [-0.39, 0.29) is 5.56 Å². The summed E-state index contributed by atoms with van der Waals surface area (Å²) in [4.78, 5) is 23.3. The Balaban J connectivity index is 1.91. The molecule has 0 aliphatic carbocycles. The van der Waals surface area contributed by atoms with Gasteiger partial charge in [0.25, 0.3) is 5.56 Å². The monoisotopic (exact) mass is 276 g/mol. The molecule has 0 saturated carbocycles. The van der Waals surface area contributed by atoms with Gasteiger partial charge in [-0.15, -0.1) is 0 Å². The van der Waals surface area contributed by atoms with Crippen molar-refractivity contribution in [3.8, 4) is 0 Å².